The average Bonchev–Trinajstić information content (AvgIpc) is 1.69. The summed E-state index contributed by atoms with van der Waals surface area (Å²) >= 11 is 0. The van der Waals surface area contributed by atoms with Crippen LogP contribution in [0.4, 0.5) is 0 Å². The van der Waals surface area contributed by atoms with Crippen LogP contribution < -0.4 is 0 Å². The minimum atomic E-state index is 0. The maximum absolute atomic E-state index is 8.58. The molecule has 0 saturated carbocycles. The van der Waals surface area contributed by atoms with Crippen molar-refractivity contribution in [1.29, 1.82) is 0 Å². The number of carbonyl (C=O) groups excluding carboxylic acids is 1. The molecule has 0 amide bonds. The second-order valence-electron chi connectivity index (χ2n) is 0.266. The third-order valence-electron chi connectivity index (χ3n) is 0.0373. The summed E-state index contributed by atoms with van der Waals surface area (Å²) in [7, 11) is 0. The van der Waals surface area contributed by atoms with Crippen LogP contribution in [-0.2, 0) is 14.5 Å². The smallest absolute Gasteiger partial charge is 0.870 e. The Kier molecular flexibility index (Phi) is 181. The Morgan fingerprint density at radius 2 is 1.30 bits per heavy atom. The van der Waals surface area contributed by atoms with E-state index >= 15 is 0 Å². The van der Waals surface area contributed by atoms with Crippen molar-refractivity contribution < 1.29 is 30.3 Å². The molecular weight excluding hydrogens is 169 g/mol. The normalized spacial score (nSPS) is 3.30. The molecule has 0 rings (SSSR count). The fourth-order valence-corrected chi connectivity index (χ4v) is 0. The third-order valence-corrected chi connectivity index (χ3v) is 0.0373. The molecule has 0 aromatic heterocycles. The van der Waals surface area contributed by atoms with Gasteiger partial charge in [-0.1, -0.05) is 6.47 Å². The summed E-state index contributed by atoms with van der Waals surface area (Å²) in [5.41, 5.74) is 0. The SMILES string of the molecule is O=[C-]O.O=[C-]OO.[Mg+2].[Mg+2].[OH-]. The van der Waals surface area contributed by atoms with E-state index in [9.17, 15) is 0 Å². The first-order valence-corrected chi connectivity index (χ1v) is 1.02. The molecule has 8 heteroatoms. The van der Waals surface area contributed by atoms with Gasteiger partial charge in [0.05, 0.1) is 0 Å². The van der Waals surface area contributed by atoms with E-state index in [1.807, 2.05) is 0 Å². The van der Waals surface area contributed by atoms with Crippen molar-refractivity contribution in [2.75, 3.05) is 0 Å². The van der Waals surface area contributed by atoms with Crippen molar-refractivity contribution in [1.82, 2.24) is 0 Å². The number of hydrogen-bond acceptors (Lipinski definition) is 5. The Hall–Kier alpha value is 0.392. The van der Waals surface area contributed by atoms with Gasteiger partial charge in [0, 0.05) is 0 Å². The fraction of sp³-hybridized carbons (Fsp3) is 0. The van der Waals surface area contributed by atoms with Gasteiger partial charge in [-0.15, -0.1) is 0 Å². The van der Waals surface area contributed by atoms with Crippen LogP contribution in [0.2, 0.25) is 0 Å². The van der Waals surface area contributed by atoms with E-state index in [-0.39, 0.29) is 51.6 Å². The van der Waals surface area contributed by atoms with Gasteiger partial charge < -0.3 is 25.1 Å². The number of rotatable bonds is 1. The maximum atomic E-state index is 8.58. The zero-order valence-electron chi connectivity index (χ0n) is 4.98. The largest absolute Gasteiger partial charge is 2.00 e. The minimum Gasteiger partial charge on any atom is -0.870 e. The van der Waals surface area contributed by atoms with Gasteiger partial charge in [0.25, 0.3) is 0 Å². The Balaban J connectivity index is -0.0000000131. The van der Waals surface area contributed by atoms with Crippen LogP contribution in [0.25, 0.3) is 0 Å². The van der Waals surface area contributed by atoms with E-state index in [1.165, 1.54) is 0 Å². The molecule has 50 valence electrons. The molecule has 0 unspecified atom stereocenters. The summed E-state index contributed by atoms with van der Waals surface area (Å²) in [5, 5.41) is 13.7. The van der Waals surface area contributed by atoms with Crippen molar-refractivity contribution in [3.8, 4) is 0 Å². The number of hydrogen-bond donors (Lipinski definition) is 2. The van der Waals surface area contributed by atoms with Gasteiger partial charge >= 0.3 is 46.1 Å². The first-order chi connectivity index (χ1) is 3.33. The van der Waals surface area contributed by atoms with E-state index < -0.39 is 0 Å². The van der Waals surface area contributed by atoms with Crippen LogP contribution >= 0.6 is 0 Å². The van der Waals surface area contributed by atoms with E-state index in [1.54, 1.807) is 0 Å². The van der Waals surface area contributed by atoms with Crippen molar-refractivity contribution in [3.63, 3.8) is 0 Å². The molecule has 0 atom stereocenters. The Morgan fingerprint density at radius 1 is 1.20 bits per heavy atom. The second-order valence-corrected chi connectivity index (χ2v) is 0.266. The van der Waals surface area contributed by atoms with Gasteiger partial charge in [0.15, 0.2) is 0 Å². The number of aliphatic hydroxyl groups excluding tert-OH is 1. The molecule has 0 heterocycles. The molecule has 10 heavy (non-hydrogen) atoms. The van der Waals surface area contributed by atoms with Gasteiger partial charge in [0.1, 0.15) is 0 Å². The van der Waals surface area contributed by atoms with Crippen LogP contribution in [0.3, 0.4) is 0 Å². The quantitative estimate of drug-likeness (QED) is 0.209. The van der Waals surface area contributed by atoms with Gasteiger partial charge in [-0.2, -0.15) is 0 Å². The molecule has 0 aromatic carbocycles. The zero-order chi connectivity index (χ0) is 6.12. The Labute approximate surface area is 89.1 Å². The molecule has 0 radical (unpaired) electrons. The van der Waals surface area contributed by atoms with Crippen molar-refractivity contribution in [2.45, 2.75) is 0 Å². The van der Waals surface area contributed by atoms with Gasteiger partial charge in [-0.3, -0.25) is 0 Å². The van der Waals surface area contributed by atoms with E-state index in [4.69, 9.17) is 20.0 Å². The molecule has 0 aliphatic heterocycles. The minimum absolute atomic E-state index is 0. The molecule has 0 aliphatic rings. The second kappa shape index (κ2) is 57.5. The van der Waals surface area contributed by atoms with E-state index in [0.717, 1.165) is 6.47 Å². The van der Waals surface area contributed by atoms with E-state index in [0.29, 0.717) is 6.47 Å². The topological polar surface area (TPSA) is 114 Å². The van der Waals surface area contributed by atoms with Crippen LogP contribution in [0.1, 0.15) is 0 Å². The molecule has 3 N–H and O–H groups in total. The predicted octanol–water partition coefficient (Wildman–Crippen LogP) is -1.78. The van der Waals surface area contributed by atoms with Crippen molar-refractivity contribution in [3.05, 3.63) is 0 Å². The first kappa shape index (κ1) is 31.5. The van der Waals surface area contributed by atoms with E-state index in [2.05, 4.69) is 4.89 Å². The van der Waals surface area contributed by atoms with Gasteiger partial charge in [-0.25, -0.2) is 5.26 Å². The predicted molar refractivity (Wildman–Crippen MR) is 31.2 cm³/mol. The summed E-state index contributed by atoms with van der Waals surface area (Å²) < 4.78 is 0. The first-order valence-electron chi connectivity index (χ1n) is 1.02. The molecular formula is C2H3Mg2O6+. The van der Waals surface area contributed by atoms with Crippen molar-refractivity contribution in [2.24, 2.45) is 0 Å². The van der Waals surface area contributed by atoms with Crippen LogP contribution in [-0.4, -0.2) is 74.9 Å². The third kappa shape index (κ3) is 237. The summed E-state index contributed by atoms with van der Waals surface area (Å²) in [4.78, 5) is 19.5. The van der Waals surface area contributed by atoms with Crippen LogP contribution in [0.15, 0.2) is 0 Å². The average molecular weight is 172 g/mol. The summed E-state index contributed by atoms with van der Waals surface area (Å²) in [5.74, 6) is 0. The Morgan fingerprint density at radius 3 is 1.30 bits per heavy atom. The standard InChI is InChI=1S/CHO3.CHO2.2Mg.H2O/c2-1-4-3;2-1-3;;;/h3H;(H,2,3);;;1H2/q2*-1;2*+2;/p-1. The van der Waals surface area contributed by atoms with Crippen LogP contribution in [0.5, 0.6) is 0 Å². The molecule has 6 nitrogen and oxygen atoms in total. The molecule has 0 saturated heterocycles. The Bertz CT molecular complexity index is 49.0. The maximum Gasteiger partial charge on any atom is 2.00 e. The molecule has 0 aromatic rings. The monoisotopic (exact) mass is 171 g/mol. The fourth-order valence-electron chi connectivity index (χ4n) is 0. The van der Waals surface area contributed by atoms with Crippen LogP contribution in [0, 0.1) is 0 Å². The summed E-state index contributed by atoms with van der Waals surface area (Å²) in [6.45, 7) is 1.24. The van der Waals surface area contributed by atoms with Crippen molar-refractivity contribution >= 4 is 59.1 Å². The molecule has 0 aliphatic carbocycles. The zero-order valence-corrected chi connectivity index (χ0v) is 7.81. The summed E-state index contributed by atoms with van der Waals surface area (Å²) in [6, 6.07) is 0. The molecule has 0 bridgehead atoms. The summed E-state index contributed by atoms with van der Waals surface area (Å²) in [6.07, 6.45) is 0. The molecule has 0 spiro atoms. The van der Waals surface area contributed by atoms with Gasteiger partial charge in [0.2, 0.25) is 0 Å². The van der Waals surface area contributed by atoms with Gasteiger partial charge in [-0.05, 0) is 6.47 Å². The molecule has 0 fully saturated rings.